The van der Waals surface area contributed by atoms with Gasteiger partial charge in [0.25, 0.3) is 0 Å². The molecule has 1 aliphatic heterocycles. The van der Waals surface area contributed by atoms with Crippen LogP contribution in [0.25, 0.3) is 0 Å². The van der Waals surface area contributed by atoms with Gasteiger partial charge in [-0.05, 0) is 13.0 Å². The third kappa shape index (κ3) is 2.33. The fourth-order valence-corrected chi connectivity index (χ4v) is 1.87. The molecule has 0 bridgehead atoms. The Morgan fingerprint density at radius 3 is 3.12 bits per heavy atom. The Morgan fingerprint density at radius 1 is 1.62 bits per heavy atom. The Balaban J connectivity index is 1.87. The fourth-order valence-electron chi connectivity index (χ4n) is 1.87. The second-order valence-corrected chi connectivity index (χ2v) is 4.01. The number of amides is 1. The molecule has 6 heteroatoms. The second kappa shape index (κ2) is 4.52. The van der Waals surface area contributed by atoms with Crippen molar-refractivity contribution < 1.29 is 4.79 Å². The summed E-state index contributed by atoms with van der Waals surface area (Å²) >= 11 is 0. The molecule has 88 valence electrons. The van der Waals surface area contributed by atoms with E-state index in [-0.39, 0.29) is 11.9 Å². The normalized spacial score (nSPS) is 22.1. The first-order chi connectivity index (χ1) is 7.66. The van der Waals surface area contributed by atoms with E-state index < -0.39 is 0 Å². The van der Waals surface area contributed by atoms with Crippen LogP contribution in [-0.2, 0) is 11.3 Å². The van der Waals surface area contributed by atoms with Gasteiger partial charge in [-0.2, -0.15) is 5.10 Å². The number of hydrogen-bond acceptors (Lipinski definition) is 4. The van der Waals surface area contributed by atoms with E-state index in [9.17, 15) is 4.79 Å². The molecule has 0 spiro atoms. The number of anilines is 1. The van der Waals surface area contributed by atoms with E-state index in [1.54, 1.807) is 10.7 Å². The fraction of sp³-hybridized carbons (Fsp3) is 0.600. The number of carbonyl (C=O) groups is 1. The van der Waals surface area contributed by atoms with Crippen LogP contribution in [0, 0.1) is 0 Å². The van der Waals surface area contributed by atoms with Gasteiger partial charge < -0.3 is 11.1 Å². The molecule has 1 saturated heterocycles. The number of nitrogens with two attached hydrogens (primary N) is 1. The minimum Gasteiger partial charge on any atom is -0.382 e. The molecule has 2 heterocycles. The maximum absolute atomic E-state index is 11.4. The molecule has 0 aromatic carbocycles. The van der Waals surface area contributed by atoms with Gasteiger partial charge in [-0.15, -0.1) is 0 Å². The minimum absolute atomic E-state index is 0.0540. The number of piperazine rings is 1. The van der Waals surface area contributed by atoms with Crippen LogP contribution in [0.5, 0.6) is 0 Å². The Kier molecular flexibility index (Phi) is 3.09. The topological polar surface area (TPSA) is 76.2 Å². The largest absolute Gasteiger partial charge is 0.382 e. The van der Waals surface area contributed by atoms with Crippen molar-refractivity contribution in [3.8, 4) is 0 Å². The van der Waals surface area contributed by atoms with E-state index in [1.807, 2.05) is 13.1 Å². The van der Waals surface area contributed by atoms with Gasteiger partial charge in [-0.25, -0.2) is 0 Å². The maximum atomic E-state index is 11.4. The summed E-state index contributed by atoms with van der Waals surface area (Å²) in [6.45, 7) is 5.12. The van der Waals surface area contributed by atoms with Crippen molar-refractivity contribution in [2.75, 3.05) is 25.4 Å². The summed E-state index contributed by atoms with van der Waals surface area (Å²) < 4.78 is 1.80. The third-order valence-electron chi connectivity index (χ3n) is 2.90. The Labute approximate surface area is 94.4 Å². The number of nitrogen functional groups attached to an aromatic ring is 1. The molecule has 3 N–H and O–H groups in total. The average Bonchev–Trinajstić information content (AvgIpc) is 2.67. The number of nitrogens with one attached hydrogen (secondary N) is 1. The van der Waals surface area contributed by atoms with E-state index in [1.165, 1.54) is 0 Å². The lowest BCUT2D eigenvalue weighted by Gasteiger charge is -2.32. The first-order valence-corrected chi connectivity index (χ1v) is 5.47. The van der Waals surface area contributed by atoms with Gasteiger partial charge in [-0.1, -0.05) is 0 Å². The molecule has 1 aromatic heterocycles. The summed E-state index contributed by atoms with van der Waals surface area (Å²) in [5.74, 6) is 0.635. The van der Waals surface area contributed by atoms with Crippen LogP contribution in [0.2, 0.25) is 0 Å². The van der Waals surface area contributed by atoms with Crippen molar-refractivity contribution in [1.29, 1.82) is 0 Å². The van der Waals surface area contributed by atoms with Crippen LogP contribution >= 0.6 is 0 Å². The second-order valence-electron chi connectivity index (χ2n) is 4.01. The summed E-state index contributed by atoms with van der Waals surface area (Å²) in [4.78, 5) is 13.6. The van der Waals surface area contributed by atoms with Gasteiger partial charge in [0.2, 0.25) is 5.91 Å². The van der Waals surface area contributed by atoms with Crippen LogP contribution in [0.3, 0.4) is 0 Å². The highest BCUT2D eigenvalue weighted by Gasteiger charge is 2.24. The van der Waals surface area contributed by atoms with E-state index in [4.69, 9.17) is 5.73 Å². The molecule has 1 unspecified atom stereocenters. The van der Waals surface area contributed by atoms with Crippen LogP contribution in [0.15, 0.2) is 12.3 Å². The third-order valence-corrected chi connectivity index (χ3v) is 2.90. The Bertz CT molecular complexity index is 375. The number of rotatable bonds is 3. The summed E-state index contributed by atoms with van der Waals surface area (Å²) in [6, 6.07) is 1.72. The molecule has 6 nitrogen and oxygen atoms in total. The van der Waals surface area contributed by atoms with E-state index >= 15 is 0 Å². The lowest BCUT2D eigenvalue weighted by molar-refractivity contribution is -0.128. The van der Waals surface area contributed by atoms with Crippen LogP contribution in [0.4, 0.5) is 5.82 Å². The molecule has 0 radical (unpaired) electrons. The summed E-state index contributed by atoms with van der Waals surface area (Å²) in [5.41, 5.74) is 5.53. The standard InChI is InChI=1S/C10H17N5O/c1-8-10(16)12-3-5-14(8)6-7-15-4-2-9(11)13-15/h2,4,8H,3,5-7H2,1H3,(H2,11,13)(H,12,16). The highest BCUT2D eigenvalue weighted by atomic mass is 16.2. The maximum Gasteiger partial charge on any atom is 0.237 e. The van der Waals surface area contributed by atoms with Gasteiger partial charge in [0.1, 0.15) is 5.82 Å². The van der Waals surface area contributed by atoms with Crippen LogP contribution in [-0.4, -0.2) is 46.3 Å². The van der Waals surface area contributed by atoms with Crippen molar-refractivity contribution >= 4 is 11.7 Å². The van der Waals surface area contributed by atoms with Gasteiger partial charge >= 0.3 is 0 Å². The lowest BCUT2D eigenvalue weighted by Crippen LogP contribution is -2.54. The zero-order valence-corrected chi connectivity index (χ0v) is 9.39. The first kappa shape index (κ1) is 10.9. The van der Waals surface area contributed by atoms with Crippen molar-refractivity contribution in [2.24, 2.45) is 0 Å². The molecule has 16 heavy (non-hydrogen) atoms. The molecule has 1 amide bonds. The molecule has 1 aliphatic rings. The highest BCUT2D eigenvalue weighted by molar-refractivity contribution is 5.81. The molecule has 1 aromatic rings. The highest BCUT2D eigenvalue weighted by Crippen LogP contribution is 2.04. The van der Waals surface area contributed by atoms with Crippen LogP contribution in [0.1, 0.15) is 6.92 Å². The predicted molar refractivity (Wildman–Crippen MR) is 60.7 cm³/mol. The predicted octanol–water partition coefficient (Wildman–Crippen LogP) is -0.714. The monoisotopic (exact) mass is 223 g/mol. The quantitative estimate of drug-likeness (QED) is 0.709. The van der Waals surface area contributed by atoms with E-state index in [0.29, 0.717) is 5.82 Å². The van der Waals surface area contributed by atoms with E-state index in [0.717, 1.165) is 26.2 Å². The molecular formula is C10H17N5O. The van der Waals surface area contributed by atoms with Gasteiger partial charge in [0.15, 0.2) is 0 Å². The number of hydrogen-bond donors (Lipinski definition) is 2. The number of carbonyl (C=O) groups excluding carboxylic acids is 1. The van der Waals surface area contributed by atoms with E-state index in [2.05, 4.69) is 15.3 Å². The van der Waals surface area contributed by atoms with Crippen molar-refractivity contribution in [3.05, 3.63) is 12.3 Å². The van der Waals surface area contributed by atoms with Crippen LogP contribution < -0.4 is 11.1 Å². The minimum atomic E-state index is -0.0540. The number of aromatic nitrogens is 2. The molecule has 2 rings (SSSR count). The Morgan fingerprint density at radius 2 is 2.44 bits per heavy atom. The average molecular weight is 223 g/mol. The Hall–Kier alpha value is -1.56. The molecule has 1 atom stereocenters. The zero-order valence-electron chi connectivity index (χ0n) is 9.39. The smallest absolute Gasteiger partial charge is 0.237 e. The summed E-state index contributed by atoms with van der Waals surface area (Å²) in [5, 5.41) is 6.95. The SMILES string of the molecule is CC1C(=O)NCCN1CCn1ccc(N)n1. The first-order valence-electron chi connectivity index (χ1n) is 5.47. The lowest BCUT2D eigenvalue weighted by atomic mass is 10.2. The molecule has 0 saturated carbocycles. The van der Waals surface area contributed by atoms with Crippen molar-refractivity contribution in [3.63, 3.8) is 0 Å². The molecule has 1 fully saturated rings. The van der Waals surface area contributed by atoms with Crippen molar-refractivity contribution in [2.45, 2.75) is 19.5 Å². The van der Waals surface area contributed by atoms with Crippen molar-refractivity contribution in [1.82, 2.24) is 20.0 Å². The summed E-state index contributed by atoms with van der Waals surface area (Å²) in [6.07, 6.45) is 1.85. The van der Waals surface area contributed by atoms with Gasteiger partial charge in [0.05, 0.1) is 12.6 Å². The summed E-state index contributed by atoms with van der Waals surface area (Å²) in [7, 11) is 0. The molecule has 0 aliphatic carbocycles. The van der Waals surface area contributed by atoms with Gasteiger partial charge in [0, 0.05) is 25.8 Å². The molecular weight excluding hydrogens is 206 g/mol. The number of nitrogens with zero attached hydrogens (tertiary/aromatic N) is 3. The van der Waals surface area contributed by atoms with Gasteiger partial charge in [-0.3, -0.25) is 14.4 Å². The zero-order chi connectivity index (χ0) is 11.5.